The molecule has 5 heteroatoms. The number of nitrogens with zero attached hydrogens (tertiary/aromatic N) is 1. The molecular weight excluding hydrogens is 924 g/mol. The van der Waals surface area contributed by atoms with E-state index in [4.69, 9.17) is 8.83 Å². The van der Waals surface area contributed by atoms with Gasteiger partial charge in [-0.1, -0.05) is 183 Å². The van der Waals surface area contributed by atoms with E-state index in [0.717, 1.165) is 96.5 Å². The van der Waals surface area contributed by atoms with E-state index in [2.05, 4.69) is 249 Å². The Bertz CT molecular complexity index is 4440. The minimum absolute atomic E-state index is 0.0358. The van der Waals surface area contributed by atoms with E-state index in [-0.39, 0.29) is 21.7 Å². The van der Waals surface area contributed by atoms with Crippen LogP contribution in [0.15, 0.2) is 179 Å². The summed E-state index contributed by atoms with van der Waals surface area (Å²) in [6.45, 7) is 21.2. The number of benzene rings is 9. The van der Waals surface area contributed by atoms with E-state index in [1.807, 2.05) is 0 Å². The third-order valence-electron chi connectivity index (χ3n) is 18.0. The zero-order valence-electron chi connectivity index (χ0n) is 44.9. The Balaban J connectivity index is 1.03. The Labute approximate surface area is 445 Å². The van der Waals surface area contributed by atoms with Crippen molar-refractivity contribution in [2.24, 2.45) is 0 Å². The molecule has 1 aliphatic heterocycles. The first kappa shape index (κ1) is 45.4. The van der Waals surface area contributed by atoms with Gasteiger partial charge in [-0.15, -0.1) is 0 Å². The second kappa shape index (κ2) is 15.5. The quantitative estimate of drug-likeness (QED) is 0.175. The van der Waals surface area contributed by atoms with Crippen LogP contribution in [0.5, 0.6) is 0 Å². The molecule has 0 spiro atoms. The van der Waals surface area contributed by atoms with Gasteiger partial charge in [0.1, 0.15) is 22.7 Å². The summed E-state index contributed by atoms with van der Waals surface area (Å²) < 4.78 is 16.7. The first-order valence-corrected chi connectivity index (χ1v) is 27.3. The molecule has 0 amide bonds. The molecule has 12 aromatic rings. The number of fused-ring (bicyclic) bond motifs is 13. The maximum Gasteiger partial charge on any atom is 0.197 e. The van der Waals surface area contributed by atoms with E-state index >= 15 is 0 Å². The molecular formula is C71H60BN2O2. The van der Waals surface area contributed by atoms with Crippen molar-refractivity contribution in [3.63, 3.8) is 0 Å². The Morgan fingerprint density at radius 1 is 0.487 bits per heavy atom. The maximum atomic E-state index is 7.08. The first-order valence-electron chi connectivity index (χ1n) is 27.3. The van der Waals surface area contributed by atoms with Gasteiger partial charge in [0, 0.05) is 77.4 Å². The highest BCUT2D eigenvalue weighted by Crippen LogP contribution is 2.53. The lowest BCUT2D eigenvalue weighted by Crippen LogP contribution is -2.37. The van der Waals surface area contributed by atoms with Crippen LogP contribution in [0.1, 0.15) is 103 Å². The van der Waals surface area contributed by atoms with Gasteiger partial charge < -0.3 is 18.7 Å². The smallest absolute Gasteiger partial charge is 0.197 e. The summed E-state index contributed by atoms with van der Waals surface area (Å²) in [5.74, 6) is 1.75. The molecule has 3 aliphatic rings. The van der Waals surface area contributed by atoms with E-state index < -0.39 is 0 Å². The average molecular weight is 984 g/mol. The summed E-state index contributed by atoms with van der Waals surface area (Å²) >= 11 is 0. The largest absolute Gasteiger partial charge is 0.456 e. The number of aromatic nitrogens is 1. The molecule has 0 fully saturated rings. The molecule has 0 saturated carbocycles. The highest BCUT2D eigenvalue weighted by Gasteiger charge is 2.40. The standard InChI is InChI=1S/C71H60BN2O2/c1-68(2,3)42-24-26-43(27-25-42)73-59-39-63-50(51-34-56-57(38-62(51)75-63)70(6,7)31-30-69(56,4)5)32-48(59)45-28-29-46-49-33-55-47(44-22-16-17-23-54(44)71(55,8)9)36-60(49)74-61-37-53-52(35-58(61)72-64(45)65(46)74)66(40-18-12-10-13-19-40)76-67(53)41-20-14-11-15-21-41/h10-29,32-39,73H,30-31H2,1-9H3. The fourth-order valence-corrected chi connectivity index (χ4v) is 13.6. The van der Waals surface area contributed by atoms with E-state index in [1.165, 1.54) is 71.6 Å². The van der Waals surface area contributed by atoms with Crippen LogP contribution >= 0.6 is 0 Å². The van der Waals surface area contributed by atoms with Gasteiger partial charge in [0.15, 0.2) is 7.28 Å². The summed E-state index contributed by atoms with van der Waals surface area (Å²) in [6.07, 6.45) is 2.29. The Kier molecular flexibility index (Phi) is 9.28. The normalized spacial score (nSPS) is 15.8. The predicted molar refractivity (Wildman–Crippen MR) is 320 cm³/mol. The van der Waals surface area contributed by atoms with Crippen molar-refractivity contribution in [2.75, 3.05) is 5.32 Å². The van der Waals surface area contributed by atoms with Gasteiger partial charge in [0.05, 0.1) is 11.2 Å². The molecule has 3 aromatic heterocycles. The fraction of sp³-hybridized carbons (Fsp3) is 0.211. The summed E-state index contributed by atoms with van der Waals surface area (Å²) in [5, 5.41) is 10.9. The highest BCUT2D eigenvalue weighted by molar-refractivity contribution is 6.73. The molecule has 76 heavy (non-hydrogen) atoms. The Hall–Kier alpha value is -8.02. The minimum atomic E-state index is -0.151. The van der Waals surface area contributed by atoms with Gasteiger partial charge in [-0.25, -0.2) is 0 Å². The Morgan fingerprint density at radius 3 is 1.80 bits per heavy atom. The summed E-state index contributed by atoms with van der Waals surface area (Å²) in [5.41, 5.74) is 23.6. The van der Waals surface area contributed by atoms with Crippen molar-refractivity contribution in [3.8, 4) is 50.6 Å². The van der Waals surface area contributed by atoms with Gasteiger partial charge in [0.2, 0.25) is 0 Å². The van der Waals surface area contributed by atoms with Crippen LogP contribution in [0.2, 0.25) is 0 Å². The Morgan fingerprint density at radius 2 is 1.11 bits per heavy atom. The van der Waals surface area contributed by atoms with Crippen LogP contribution < -0.4 is 16.2 Å². The SMILES string of the molecule is CC(C)(C)c1ccc(Nc2cc3oc4cc5c(cc4c3cc2-c2ccc3c4cc6c(cc4n4c3c2[B]c2cc3c(-c7ccccc7)oc(-c7ccccc7)c3cc2-4)-c2ccccc2C6(C)C)C(C)(C)CCC5(C)C)cc1. The third kappa shape index (κ3) is 6.50. The number of anilines is 2. The molecule has 0 bridgehead atoms. The van der Waals surface area contributed by atoms with Crippen molar-refractivity contribution in [3.05, 3.63) is 198 Å². The fourth-order valence-electron chi connectivity index (χ4n) is 13.6. The third-order valence-corrected chi connectivity index (χ3v) is 18.0. The van der Waals surface area contributed by atoms with Crippen LogP contribution in [0, 0.1) is 0 Å². The number of hydrogen-bond donors (Lipinski definition) is 1. The van der Waals surface area contributed by atoms with E-state index in [0.29, 0.717) is 0 Å². The van der Waals surface area contributed by atoms with Crippen molar-refractivity contribution in [1.82, 2.24) is 4.57 Å². The highest BCUT2D eigenvalue weighted by atomic mass is 16.3. The summed E-state index contributed by atoms with van der Waals surface area (Å²) in [4.78, 5) is 0. The molecule has 0 saturated heterocycles. The van der Waals surface area contributed by atoms with Crippen molar-refractivity contribution in [1.29, 1.82) is 0 Å². The van der Waals surface area contributed by atoms with Gasteiger partial charge in [-0.2, -0.15) is 0 Å². The van der Waals surface area contributed by atoms with Crippen molar-refractivity contribution < 1.29 is 8.83 Å². The zero-order chi connectivity index (χ0) is 51.8. The van der Waals surface area contributed by atoms with Gasteiger partial charge in [-0.05, 0) is 128 Å². The number of furan rings is 2. The molecule has 0 atom stereocenters. The first-order chi connectivity index (χ1) is 36.5. The van der Waals surface area contributed by atoms with Gasteiger partial charge in [-0.3, -0.25) is 0 Å². The lowest BCUT2D eigenvalue weighted by molar-refractivity contribution is 0.332. The summed E-state index contributed by atoms with van der Waals surface area (Å²) in [6, 6.07) is 63.2. The van der Waals surface area contributed by atoms with Crippen LogP contribution in [0.3, 0.4) is 0 Å². The molecule has 9 aromatic carbocycles. The van der Waals surface area contributed by atoms with Crippen LogP contribution in [0.4, 0.5) is 11.4 Å². The number of hydrogen-bond acceptors (Lipinski definition) is 3. The average Bonchev–Trinajstić information content (AvgIpc) is 4.34. The second-order valence-corrected chi connectivity index (χ2v) is 25.0. The van der Waals surface area contributed by atoms with Crippen LogP contribution in [-0.4, -0.2) is 11.8 Å². The van der Waals surface area contributed by atoms with E-state index in [1.54, 1.807) is 0 Å². The zero-order valence-corrected chi connectivity index (χ0v) is 44.9. The monoisotopic (exact) mass is 983 g/mol. The van der Waals surface area contributed by atoms with Crippen molar-refractivity contribution in [2.45, 2.75) is 96.8 Å². The molecule has 4 heterocycles. The van der Waals surface area contributed by atoms with Crippen LogP contribution in [-0.2, 0) is 21.7 Å². The van der Waals surface area contributed by atoms with E-state index in [9.17, 15) is 0 Å². The molecule has 0 unspecified atom stereocenters. The molecule has 2 aliphatic carbocycles. The number of rotatable bonds is 5. The molecule has 1 N–H and O–H groups in total. The predicted octanol–water partition coefficient (Wildman–Crippen LogP) is 18.1. The van der Waals surface area contributed by atoms with Crippen molar-refractivity contribution >= 4 is 84.1 Å². The number of nitrogens with one attached hydrogen (secondary N) is 1. The lowest BCUT2D eigenvalue weighted by atomic mass is 9.58. The second-order valence-electron chi connectivity index (χ2n) is 25.0. The minimum Gasteiger partial charge on any atom is -0.456 e. The summed E-state index contributed by atoms with van der Waals surface area (Å²) in [7, 11) is 2.46. The molecule has 15 rings (SSSR count). The topological polar surface area (TPSA) is 43.2 Å². The van der Waals surface area contributed by atoms with Gasteiger partial charge in [0.25, 0.3) is 0 Å². The molecule has 1 radical (unpaired) electrons. The van der Waals surface area contributed by atoms with Gasteiger partial charge >= 0.3 is 0 Å². The lowest BCUT2D eigenvalue weighted by Gasteiger charge is -2.41. The molecule has 4 nitrogen and oxygen atoms in total. The van der Waals surface area contributed by atoms with Crippen LogP contribution in [0.25, 0.3) is 105 Å². The molecule has 369 valence electrons. The maximum absolute atomic E-state index is 7.08.